The number of hydrogen-bond acceptors (Lipinski definition) is 3. The van der Waals surface area contributed by atoms with Gasteiger partial charge in [-0.25, -0.2) is 0 Å². The van der Waals surface area contributed by atoms with E-state index in [1.54, 1.807) is 15.9 Å². The Balaban J connectivity index is 1.56. The van der Waals surface area contributed by atoms with Gasteiger partial charge in [-0.05, 0) is 36.4 Å². The van der Waals surface area contributed by atoms with Crippen LogP contribution in [-0.2, 0) is 0 Å². The number of hydrogen-bond donors (Lipinski definition) is 1. The van der Waals surface area contributed by atoms with Gasteiger partial charge in [0.05, 0.1) is 0 Å². The summed E-state index contributed by atoms with van der Waals surface area (Å²) in [6, 6.07) is 16.7. The van der Waals surface area contributed by atoms with Crippen molar-refractivity contribution in [3.63, 3.8) is 0 Å². The van der Waals surface area contributed by atoms with Crippen LogP contribution < -0.4 is 5.32 Å². The molecule has 0 unspecified atom stereocenters. The molecule has 1 aliphatic rings. The van der Waals surface area contributed by atoms with Crippen molar-refractivity contribution >= 4 is 17.5 Å². The van der Waals surface area contributed by atoms with E-state index in [0.717, 1.165) is 5.69 Å². The van der Waals surface area contributed by atoms with Crippen LogP contribution in [0.3, 0.4) is 0 Å². The van der Waals surface area contributed by atoms with Gasteiger partial charge in [0, 0.05) is 49.5 Å². The molecule has 5 nitrogen and oxygen atoms in total. The molecule has 0 atom stereocenters. The number of amides is 2. The fourth-order valence-electron chi connectivity index (χ4n) is 2.98. The molecule has 1 aliphatic heterocycles. The predicted octanol–water partition coefficient (Wildman–Crippen LogP) is 2.88. The lowest BCUT2D eigenvalue weighted by Gasteiger charge is -2.35. The monoisotopic (exact) mass is 349 g/mol. The first-order valence-corrected chi connectivity index (χ1v) is 8.77. The smallest absolute Gasteiger partial charge is 0.253 e. The Labute approximate surface area is 153 Å². The van der Waals surface area contributed by atoms with Crippen molar-refractivity contribution in [2.24, 2.45) is 0 Å². The van der Waals surface area contributed by atoms with Gasteiger partial charge in [0.1, 0.15) is 0 Å². The summed E-state index contributed by atoms with van der Waals surface area (Å²) in [5.41, 5.74) is 2.31. The van der Waals surface area contributed by atoms with Gasteiger partial charge < -0.3 is 15.1 Å². The molecule has 2 aromatic carbocycles. The van der Waals surface area contributed by atoms with E-state index in [2.05, 4.69) is 11.9 Å². The summed E-state index contributed by atoms with van der Waals surface area (Å²) in [5.74, 6) is 0.0300. The van der Waals surface area contributed by atoms with Crippen LogP contribution in [0.15, 0.2) is 67.3 Å². The largest absolute Gasteiger partial charge is 0.382 e. The van der Waals surface area contributed by atoms with E-state index in [1.165, 1.54) is 0 Å². The minimum absolute atomic E-state index is 0.00656. The van der Waals surface area contributed by atoms with Gasteiger partial charge in [-0.1, -0.05) is 24.3 Å². The van der Waals surface area contributed by atoms with Gasteiger partial charge in [0.25, 0.3) is 11.8 Å². The van der Waals surface area contributed by atoms with Gasteiger partial charge in [0.2, 0.25) is 0 Å². The number of benzene rings is 2. The van der Waals surface area contributed by atoms with E-state index in [0.29, 0.717) is 43.9 Å². The topological polar surface area (TPSA) is 52.7 Å². The van der Waals surface area contributed by atoms with Gasteiger partial charge in [-0.3, -0.25) is 9.59 Å². The molecule has 0 bridgehead atoms. The number of rotatable bonds is 5. The molecule has 5 heteroatoms. The number of nitrogens with zero attached hydrogens (tertiary/aromatic N) is 2. The summed E-state index contributed by atoms with van der Waals surface area (Å²) in [5, 5.41) is 3.19. The van der Waals surface area contributed by atoms with E-state index < -0.39 is 0 Å². The maximum absolute atomic E-state index is 12.7. The lowest BCUT2D eigenvalue weighted by molar-refractivity contribution is 0.0535. The normalized spacial score (nSPS) is 14.0. The zero-order valence-electron chi connectivity index (χ0n) is 14.7. The first-order valence-electron chi connectivity index (χ1n) is 8.77. The number of nitrogens with one attached hydrogen (secondary N) is 1. The molecule has 2 amide bonds. The molecule has 1 saturated heterocycles. The van der Waals surface area contributed by atoms with E-state index in [-0.39, 0.29) is 11.8 Å². The Morgan fingerprint density at radius 1 is 0.846 bits per heavy atom. The number of carbonyl (C=O) groups excluding carboxylic acids is 2. The molecule has 134 valence electrons. The summed E-state index contributed by atoms with van der Waals surface area (Å²) in [6.45, 7) is 6.56. The molecule has 0 spiro atoms. The molecule has 26 heavy (non-hydrogen) atoms. The zero-order chi connectivity index (χ0) is 18.4. The number of anilines is 1. The molecule has 1 N–H and O–H groups in total. The van der Waals surface area contributed by atoms with Gasteiger partial charge in [-0.15, -0.1) is 6.58 Å². The van der Waals surface area contributed by atoms with Crippen LogP contribution in [0.2, 0.25) is 0 Å². The van der Waals surface area contributed by atoms with Crippen molar-refractivity contribution in [1.29, 1.82) is 0 Å². The molecular weight excluding hydrogens is 326 g/mol. The summed E-state index contributed by atoms with van der Waals surface area (Å²) >= 11 is 0. The highest BCUT2D eigenvalue weighted by molar-refractivity contribution is 5.96. The van der Waals surface area contributed by atoms with Crippen LogP contribution in [0.1, 0.15) is 20.7 Å². The fraction of sp³-hybridized carbons (Fsp3) is 0.238. The summed E-state index contributed by atoms with van der Waals surface area (Å²) in [7, 11) is 0. The van der Waals surface area contributed by atoms with Crippen molar-refractivity contribution in [1.82, 2.24) is 9.80 Å². The van der Waals surface area contributed by atoms with Crippen molar-refractivity contribution < 1.29 is 9.59 Å². The van der Waals surface area contributed by atoms with Crippen LogP contribution in [0.4, 0.5) is 5.69 Å². The third-order valence-corrected chi connectivity index (χ3v) is 4.46. The second-order valence-electron chi connectivity index (χ2n) is 6.20. The average Bonchev–Trinajstić information content (AvgIpc) is 2.72. The van der Waals surface area contributed by atoms with Crippen molar-refractivity contribution in [2.75, 3.05) is 38.0 Å². The van der Waals surface area contributed by atoms with E-state index in [1.807, 2.05) is 54.6 Å². The van der Waals surface area contributed by atoms with Crippen LogP contribution in [0.5, 0.6) is 0 Å². The maximum atomic E-state index is 12.7. The molecule has 0 aliphatic carbocycles. The Morgan fingerprint density at radius 3 is 1.85 bits per heavy atom. The van der Waals surface area contributed by atoms with E-state index in [9.17, 15) is 9.59 Å². The molecule has 3 rings (SSSR count). The Bertz CT molecular complexity index is 764. The molecule has 2 aromatic rings. The zero-order valence-corrected chi connectivity index (χ0v) is 14.7. The highest BCUT2D eigenvalue weighted by Gasteiger charge is 2.25. The van der Waals surface area contributed by atoms with Crippen molar-refractivity contribution in [3.8, 4) is 0 Å². The standard InChI is InChI=1S/C21H23N3O2/c1-2-12-22-19-10-8-18(9-11-19)21(26)24-15-13-23(14-16-24)20(25)17-6-4-3-5-7-17/h2-11,22H,1,12-16H2. The Hall–Kier alpha value is -3.08. The van der Waals surface area contributed by atoms with Gasteiger partial charge >= 0.3 is 0 Å². The molecule has 0 saturated carbocycles. The molecule has 0 aromatic heterocycles. The minimum atomic E-state index is 0.00656. The highest BCUT2D eigenvalue weighted by atomic mass is 16.2. The average molecular weight is 349 g/mol. The summed E-state index contributed by atoms with van der Waals surface area (Å²) in [6.07, 6.45) is 1.79. The molecular formula is C21H23N3O2. The number of carbonyl (C=O) groups is 2. The second kappa shape index (κ2) is 8.34. The third-order valence-electron chi connectivity index (χ3n) is 4.46. The van der Waals surface area contributed by atoms with Crippen molar-refractivity contribution in [3.05, 3.63) is 78.4 Å². The molecule has 1 fully saturated rings. The van der Waals surface area contributed by atoms with Crippen LogP contribution in [-0.4, -0.2) is 54.3 Å². The Morgan fingerprint density at radius 2 is 1.35 bits per heavy atom. The fourth-order valence-corrected chi connectivity index (χ4v) is 2.98. The SMILES string of the molecule is C=CCNc1ccc(C(=O)N2CCN(C(=O)c3ccccc3)CC2)cc1. The molecule has 0 radical (unpaired) electrons. The van der Waals surface area contributed by atoms with Gasteiger partial charge in [-0.2, -0.15) is 0 Å². The molecule has 1 heterocycles. The number of piperazine rings is 1. The minimum Gasteiger partial charge on any atom is -0.382 e. The Kier molecular flexibility index (Phi) is 5.69. The van der Waals surface area contributed by atoms with E-state index >= 15 is 0 Å². The van der Waals surface area contributed by atoms with Crippen LogP contribution in [0.25, 0.3) is 0 Å². The van der Waals surface area contributed by atoms with E-state index in [4.69, 9.17) is 0 Å². The lowest BCUT2D eigenvalue weighted by atomic mass is 10.1. The second-order valence-corrected chi connectivity index (χ2v) is 6.20. The van der Waals surface area contributed by atoms with Crippen molar-refractivity contribution in [2.45, 2.75) is 0 Å². The summed E-state index contributed by atoms with van der Waals surface area (Å²) in [4.78, 5) is 28.7. The third kappa shape index (κ3) is 4.11. The highest BCUT2D eigenvalue weighted by Crippen LogP contribution is 2.14. The van der Waals surface area contributed by atoms with Crippen LogP contribution in [0, 0.1) is 0 Å². The first-order chi connectivity index (χ1) is 12.7. The van der Waals surface area contributed by atoms with Crippen LogP contribution >= 0.6 is 0 Å². The quantitative estimate of drug-likeness (QED) is 0.845. The lowest BCUT2D eigenvalue weighted by Crippen LogP contribution is -2.50. The predicted molar refractivity (Wildman–Crippen MR) is 103 cm³/mol. The summed E-state index contributed by atoms with van der Waals surface area (Å²) < 4.78 is 0. The first kappa shape index (κ1) is 17.7. The maximum Gasteiger partial charge on any atom is 0.253 e. The van der Waals surface area contributed by atoms with Gasteiger partial charge in [0.15, 0.2) is 0 Å².